The van der Waals surface area contributed by atoms with Gasteiger partial charge in [0.1, 0.15) is 0 Å². The van der Waals surface area contributed by atoms with Gasteiger partial charge in [0.25, 0.3) is 0 Å². The fourth-order valence-electron chi connectivity index (χ4n) is 2.15. The van der Waals surface area contributed by atoms with Crippen LogP contribution in [0.4, 0.5) is 0 Å². The maximum Gasteiger partial charge on any atom is 0.337 e. The number of halogens is 1. The van der Waals surface area contributed by atoms with Crippen molar-refractivity contribution in [3.63, 3.8) is 0 Å². The molecular formula is C17H18BrNO2. The van der Waals surface area contributed by atoms with Gasteiger partial charge in [-0.3, -0.25) is 4.90 Å². The minimum atomic E-state index is -0.303. The van der Waals surface area contributed by atoms with Gasteiger partial charge in [-0.2, -0.15) is 0 Å². The molecule has 110 valence electrons. The Morgan fingerprint density at radius 2 is 1.76 bits per heavy atom. The first-order chi connectivity index (χ1) is 10.1. The molecule has 21 heavy (non-hydrogen) atoms. The average molecular weight is 348 g/mol. The van der Waals surface area contributed by atoms with Gasteiger partial charge in [0.2, 0.25) is 0 Å². The molecule has 0 aromatic heterocycles. The third kappa shape index (κ3) is 4.41. The summed E-state index contributed by atoms with van der Waals surface area (Å²) in [4.78, 5) is 13.6. The topological polar surface area (TPSA) is 29.5 Å². The molecule has 2 rings (SSSR count). The Balaban J connectivity index is 1.98. The van der Waals surface area contributed by atoms with Gasteiger partial charge in [-0.25, -0.2) is 4.79 Å². The van der Waals surface area contributed by atoms with E-state index in [4.69, 9.17) is 4.74 Å². The lowest BCUT2D eigenvalue weighted by Crippen LogP contribution is -2.17. The zero-order valence-electron chi connectivity index (χ0n) is 12.2. The third-order valence-electron chi connectivity index (χ3n) is 3.23. The van der Waals surface area contributed by atoms with E-state index >= 15 is 0 Å². The summed E-state index contributed by atoms with van der Waals surface area (Å²) >= 11 is 3.57. The van der Waals surface area contributed by atoms with Crippen LogP contribution in [-0.4, -0.2) is 25.0 Å². The number of ether oxygens (including phenoxy) is 1. The predicted octanol–water partition coefficient (Wildman–Crippen LogP) is 3.87. The van der Waals surface area contributed by atoms with Gasteiger partial charge in [0.15, 0.2) is 0 Å². The Morgan fingerprint density at radius 3 is 2.38 bits per heavy atom. The van der Waals surface area contributed by atoms with Crippen molar-refractivity contribution in [1.82, 2.24) is 4.90 Å². The predicted molar refractivity (Wildman–Crippen MR) is 87.1 cm³/mol. The van der Waals surface area contributed by atoms with E-state index in [9.17, 15) is 4.79 Å². The van der Waals surface area contributed by atoms with Gasteiger partial charge in [-0.1, -0.05) is 46.3 Å². The van der Waals surface area contributed by atoms with Crippen LogP contribution >= 0.6 is 15.9 Å². The number of hydrogen-bond acceptors (Lipinski definition) is 3. The van der Waals surface area contributed by atoms with Crippen LogP contribution in [0.25, 0.3) is 0 Å². The number of methoxy groups -OCH3 is 1. The molecule has 0 heterocycles. The van der Waals surface area contributed by atoms with Gasteiger partial charge in [0.05, 0.1) is 12.7 Å². The number of carbonyl (C=O) groups is 1. The molecule has 0 atom stereocenters. The van der Waals surface area contributed by atoms with Crippen molar-refractivity contribution in [3.05, 3.63) is 69.7 Å². The summed E-state index contributed by atoms with van der Waals surface area (Å²) in [5.74, 6) is -0.303. The Morgan fingerprint density at radius 1 is 1.10 bits per heavy atom. The number of nitrogens with zero attached hydrogens (tertiary/aromatic N) is 1. The highest BCUT2D eigenvalue weighted by Crippen LogP contribution is 2.18. The molecule has 0 saturated carbocycles. The number of rotatable bonds is 5. The molecule has 0 amide bonds. The normalized spacial score (nSPS) is 10.7. The van der Waals surface area contributed by atoms with Crippen LogP contribution in [0, 0.1) is 0 Å². The van der Waals surface area contributed by atoms with Crippen molar-refractivity contribution in [2.45, 2.75) is 13.1 Å². The van der Waals surface area contributed by atoms with Gasteiger partial charge in [-0.15, -0.1) is 0 Å². The molecule has 0 aliphatic rings. The van der Waals surface area contributed by atoms with Crippen LogP contribution in [0.2, 0.25) is 0 Å². The van der Waals surface area contributed by atoms with E-state index in [2.05, 4.69) is 33.9 Å². The second-order valence-corrected chi connectivity index (χ2v) is 5.81. The summed E-state index contributed by atoms with van der Waals surface area (Å²) < 4.78 is 5.82. The lowest BCUT2D eigenvalue weighted by molar-refractivity contribution is 0.0600. The first kappa shape index (κ1) is 15.7. The summed E-state index contributed by atoms with van der Waals surface area (Å²) in [5.41, 5.74) is 3.00. The van der Waals surface area contributed by atoms with Crippen molar-refractivity contribution < 1.29 is 9.53 Å². The van der Waals surface area contributed by atoms with E-state index in [0.29, 0.717) is 5.56 Å². The van der Waals surface area contributed by atoms with E-state index in [-0.39, 0.29) is 5.97 Å². The number of benzene rings is 2. The van der Waals surface area contributed by atoms with Gasteiger partial charge >= 0.3 is 5.97 Å². The van der Waals surface area contributed by atoms with Crippen molar-refractivity contribution in [3.8, 4) is 0 Å². The molecule has 0 radical (unpaired) electrons. The molecule has 4 heteroatoms. The van der Waals surface area contributed by atoms with Crippen molar-refractivity contribution in [1.29, 1.82) is 0 Å². The number of esters is 1. The maximum absolute atomic E-state index is 11.4. The largest absolute Gasteiger partial charge is 0.465 e. The highest BCUT2D eigenvalue weighted by Gasteiger charge is 2.07. The van der Waals surface area contributed by atoms with Crippen LogP contribution in [0.15, 0.2) is 53.0 Å². The maximum atomic E-state index is 11.4. The Hall–Kier alpha value is -1.65. The molecule has 0 bridgehead atoms. The summed E-state index contributed by atoms with van der Waals surface area (Å²) in [6.07, 6.45) is 0. The summed E-state index contributed by atoms with van der Waals surface area (Å²) in [6.45, 7) is 1.68. The van der Waals surface area contributed by atoms with E-state index in [1.807, 2.05) is 30.3 Å². The van der Waals surface area contributed by atoms with Crippen LogP contribution in [-0.2, 0) is 17.8 Å². The highest BCUT2D eigenvalue weighted by atomic mass is 79.9. The minimum Gasteiger partial charge on any atom is -0.465 e. The smallest absolute Gasteiger partial charge is 0.337 e. The molecule has 0 aliphatic carbocycles. The van der Waals surface area contributed by atoms with E-state index in [0.717, 1.165) is 23.1 Å². The third-order valence-corrected chi connectivity index (χ3v) is 4.00. The van der Waals surface area contributed by atoms with E-state index < -0.39 is 0 Å². The average Bonchev–Trinajstić information content (AvgIpc) is 2.49. The summed E-state index contributed by atoms with van der Waals surface area (Å²) in [6, 6.07) is 15.7. The van der Waals surface area contributed by atoms with E-state index in [1.165, 1.54) is 12.7 Å². The highest BCUT2D eigenvalue weighted by molar-refractivity contribution is 9.10. The summed E-state index contributed by atoms with van der Waals surface area (Å²) in [7, 11) is 3.47. The molecule has 0 unspecified atom stereocenters. The fraction of sp³-hybridized carbons (Fsp3) is 0.235. The molecule has 2 aromatic carbocycles. The van der Waals surface area contributed by atoms with Crippen LogP contribution < -0.4 is 0 Å². The molecule has 2 aromatic rings. The summed E-state index contributed by atoms with van der Waals surface area (Å²) in [5, 5.41) is 0. The zero-order chi connectivity index (χ0) is 15.2. The Labute approximate surface area is 133 Å². The molecule has 0 fully saturated rings. The second-order valence-electron chi connectivity index (χ2n) is 4.95. The monoisotopic (exact) mass is 347 g/mol. The van der Waals surface area contributed by atoms with Gasteiger partial charge in [-0.05, 0) is 36.4 Å². The van der Waals surface area contributed by atoms with Crippen LogP contribution in [0.1, 0.15) is 21.5 Å². The molecule has 3 nitrogen and oxygen atoms in total. The Kier molecular flexibility index (Phi) is 5.53. The first-order valence-corrected chi connectivity index (χ1v) is 7.48. The minimum absolute atomic E-state index is 0.303. The van der Waals surface area contributed by atoms with E-state index in [1.54, 1.807) is 12.1 Å². The van der Waals surface area contributed by atoms with Crippen LogP contribution in [0.5, 0.6) is 0 Å². The fourth-order valence-corrected chi connectivity index (χ4v) is 2.56. The quantitative estimate of drug-likeness (QED) is 0.769. The van der Waals surface area contributed by atoms with Gasteiger partial charge in [0, 0.05) is 17.6 Å². The lowest BCUT2D eigenvalue weighted by atomic mass is 10.1. The molecular weight excluding hydrogens is 330 g/mol. The van der Waals surface area contributed by atoms with Crippen molar-refractivity contribution >= 4 is 21.9 Å². The SMILES string of the molecule is COC(=O)c1ccc(CN(C)Cc2ccccc2Br)cc1. The van der Waals surface area contributed by atoms with Crippen LogP contribution in [0.3, 0.4) is 0 Å². The Bertz CT molecular complexity index is 610. The zero-order valence-corrected chi connectivity index (χ0v) is 13.8. The first-order valence-electron chi connectivity index (χ1n) is 6.69. The number of carbonyl (C=O) groups excluding carboxylic acids is 1. The second kappa shape index (κ2) is 7.38. The molecule has 0 N–H and O–H groups in total. The van der Waals surface area contributed by atoms with Crippen molar-refractivity contribution in [2.24, 2.45) is 0 Å². The van der Waals surface area contributed by atoms with Gasteiger partial charge < -0.3 is 4.74 Å². The standard InChI is InChI=1S/C17H18BrNO2/c1-19(12-15-5-3-4-6-16(15)18)11-13-7-9-14(10-8-13)17(20)21-2/h3-10H,11-12H2,1-2H3. The molecule has 0 spiro atoms. The lowest BCUT2D eigenvalue weighted by Gasteiger charge is -2.17. The van der Waals surface area contributed by atoms with Crippen molar-refractivity contribution in [2.75, 3.05) is 14.2 Å². The number of hydrogen-bond donors (Lipinski definition) is 0. The molecule has 0 aliphatic heterocycles. The molecule has 0 saturated heterocycles.